The molecule has 0 unspecified atom stereocenters. The number of hydrogen-bond donors (Lipinski definition) is 0. The van der Waals surface area contributed by atoms with Crippen LogP contribution in [0, 0.1) is 5.82 Å². The Labute approximate surface area is 112 Å². The lowest BCUT2D eigenvalue weighted by molar-refractivity contribution is -0.0286. The Balaban J connectivity index is 1.89. The summed E-state index contributed by atoms with van der Waals surface area (Å²) in [7, 11) is 0. The van der Waals surface area contributed by atoms with Crippen molar-refractivity contribution in [1.82, 2.24) is 9.78 Å². The molecule has 19 heavy (non-hydrogen) atoms. The van der Waals surface area contributed by atoms with E-state index >= 15 is 0 Å². The van der Waals surface area contributed by atoms with Gasteiger partial charge in [-0.3, -0.25) is 4.68 Å². The number of ether oxygens (including phenoxy) is 1. The highest BCUT2D eigenvalue weighted by atomic mass is 19.1. The van der Waals surface area contributed by atoms with Crippen molar-refractivity contribution in [2.24, 2.45) is 0 Å². The Morgan fingerprint density at radius 2 is 2.11 bits per heavy atom. The third kappa shape index (κ3) is 2.28. The smallest absolute Gasteiger partial charge is 0.127 e. The van der Waals surface area contributed by atoms with Gasteiger partial charge in [0.25, 0.3) is 0 Å². The standard InChI is InChI=1S/C15H17FN2O/c1-10(2)14-4-3-11(5-15(14)16)12-6-17-18(7-12)13-8-19-9-13/h3-7,10,13H,8-9H2,1-2H3. The third-order valence-corrected chi connectivity index (χ3v) is 3.55. The number of hydrogen-bond acceptors (Lipinski definition) is 2. The summed E-state index contributed by atoms with van der Waals surface area (Å²) in [6.45, 7) is 5.41. The van der Waals surface area contributed by atoms with Crippen LogP contribution in [-0.2, 0) is 4.74 Å². The van der Waals surface area contributed by atoms with Gasteiger partial charge in [0, 0.05) is 11.8 Å². The van der Waals surface area contributed by atoms with Gasteiger partial charge >= 0.3 is 0 Å². The van der Waals surface area contributed by atoms with Gasteiger partial charge in [0.15, 0.2) is 0 Å². The molecule has 1 aromatic carbocycles. The van der Waals surface area contributed by atoms with Crippen LogP contribution in [0.1, 0.15) is 31.4 Å². The SMILES string of the molecule is CC(C)c1ccc(-c2cnn(C3COC3)c2)cc1F. The minimum atomic E-state index is -0.146. The molecule has 100 valence electrons. The van der Waals surface area contributed by atoms with Crippen LogP contribution in [0.25, 0.3) is 11.1 Å². The van der Waals surface area contributed by atoms with Crippen molar-refractivity contribution in [3.05, 3.63) is 42.0 Å². The molecule has 0 N–H and O–H groups in total. The maximum Gasteiger partial charge on any atom is 0.127 e. The highest BCUT2D eigenvalue weighted by Crippen LogP contribution is 2.26. The highest BCUT2D eigenvalue weighted by molar-refractivity contribution is 5.62. The van der Waals surface area contributed by atoms with Gasteiger partial charge in [-0.05, 0) is 23.1 Å². The lowest BCUT2D eigenvalue weighted by atomic mass is 9.99. The summed E-state index contributed by atoms with van der Waals surface area (Å²) in [5.41, 5.74) is 2.57. The van der Waals surface area contributed by atoms with Crippen molar-refractivity contribution < 1.29 is 9.13 Å². The van der Waals surface area contributed by atoms with Crippen LogP contribution in [0.5, 0.6) is 0 Å². The fourth-order valence-electron chi connectivity index (χ4n) is 2.24. The maximum absolute atomic E-state index is 14.0. The first-order valence-corrected chi connectivity index (χ1v) is 6.57. The van der Waals surface area contributed by atoms with E-state index in [1.165, 1.54) is 0 Å². The number of nitrogens with zero attached hydrogens (tertiary/aromatic N) is 2. The molecule has 1 aromatic heterocycles. The normalized spacial score (nSPS) is 15.8. The molecular weight excluding hydrogens is 243 g/mol. The van der Waals surface area contributed by atoms with Crippen LogP contribution in [-0.4, -0.2) is 23.0 Å². The molecule has 3 rings (SSSR count). The second-order valence-corrected chi connectivity index (χ2v) is 5.29. The molecule has 1 saturated heterocycles. The molecule has 4 heteroatoms. The molecule has 0 radical (unpaired) electrons. The maximum atomic E-state index is 14.0. The minimum absolute atomic E-state index is 0.146. The second-order valence-electron chi connectivity index (χ2n) is 5.29. The van der Waals surface area contributed by atoms with Crippen LogP contribution in [0.3, 0.4) is 0 Å². The van der Waals surface area contributed by atoms with Crippen molar-refractivity contribution in [3.63, 3.8) is 0 Å². The summed E-state index contributed by atoms with van der Waals surface area (Å²) in [5.74, 6) is 0.0520. The van der Waals surface area contributed by atoms with Crippen LogP contribution < -0.4 is 0 Å². The minimum Gasteiger partial charge on any atom is -0.377 e. The summed E-state index contributed by atoms with van der Waals surface area (Å²) >= 11 is 0. The van der Waals surface area contributed by atoms with Crippen molar-refractivity contribution in [1.29, 1.82) is 0 Å². The Kier molecular flexibility index (Phi) is 3.11. The lowest BCUT2D eigenvalue weighted by Gasteiger charge is -2.25. The molecule has 1 fully saturated rings. The average molecular weight is 260 g/mol. The van der Waals surface area contributed by atoms with Crippen molar-refractivity contribution in [2.75, 3.05) is 13.2 Å². The molecule has 0 atom stereocenters. The van der Waals surface area contributed by atoms with Crippen LogP contribution in [0.15, 0.2) is 30.6 Å². The summed E-state index contributed by atoms with van der Waals surface area (Å²) in [4.78, 5) is 0. The quantitative estimate of drug-likeness (QED) is 0.846. The van der Waals surface area contributed by atoms with Gasteiger partial charge < -0.3 is 4.74 Å². The van der Waals surface area contributed by atoms with Gasteiger partial charge in [0.1, 0.15) is 5.82 Å². The van der Waals surface area contributed by atoms with E-state index in [-0.39, 0.29) is 11.7 Å². The van der Waals surface area contributed by atoms with E-state index in [2.05, 4.69) is 5.10 Å². The first kappa shape index (κ1) is 12.4. The summed E-state index contributed by atoms with van der Waals surface area (Å²) < 4.78 is 21.0. The van der Waals surface area contributed by atoms with Gasteiger partial charge in [-0.2, -0.15) is 5.10 Å². The lowest BCUT2D eigenvalue weighted by Crippen LogP contribution is -2.30. The predicted molar refractivity (Wildman–Crippen MR) is 71.6 cm³/mol. The van der Waals surface area contributed by atoms with Crippen LogP contribution >= 0.6 is 0 Å². The molecule has 0 spiro atoms. The highest BCUT2D eigenvalue weighted by Gasteiger charge is 2.21. The van der Waals surface area contributed by atoms with E-state index < -0.39 is 0 Å². The molecule has 1 aliphatic rings. The van der Waals surface area contributed by atoms with Gasteiger partial charge in [-0.1, -0.05) is 26.0 Å². The topological polar surface area (TPSA) is 27.1 Å². The van der Waals surface area contributed by atoms with Crippen LogP contribution in [0.4, 0.5) is 4.39 Å². The molecule has 0 aliphatic carbocycles. The Morgan fingerprint density at radius 1 is 1.32 bits per heavy atom. The fraction of sp³-hybridized carbons (Fsp3) is 0.400. The van der Waals surface area contributed by atoms with Gasteiger partial charge in [-0.15, -0.1) is 0 Å². The molecule has 3 nitrogen and oxygen atoms in total. The van der Waals surface area contributed by atoms with E-state index in [0.717, 1.165) is 16.7 Å². The predicted octanol–water partition coefficient (Wildman–Crippen LogP) is 3.38. The van der Waals surface area contributed by atoms with E-state index in [4.69, 9.17) is 4.74 Å². The first-order chi connectivity index (χ1) is 9.15. The molecular formula is C15H17FN2O. The Hall–Kier alpha value is -1.68. The van der Waals surface area contributed by atoms with E-state index in [0.29, 0.717) is 19.3 Å². The molecule has 2 aromatic rings. The zero-order valence-electron chi connectivity index (χ0n) is 11.1. The fourth-order valence-corrected chi connectivity index (χ4v) is 2.24. The van der Waals surface area contributed by atoms with Crippen molar-refractivity contribution >= 4 is 0 Å². The van der Waals surface area contributed by atoms with E-state index in [1.54, 1.807) is 12.3 Å². The molecule has 0 bridgehead atoms. The van der Waals surface area contributed by atoms with Crippen molar-refractivity contribution in [2.45, 2.75) is 25.8 Å². The summed E-state index contributed by atoms with van der Waals surface area (Å²) in [6.07, 6.45) is 3.74. The van der Waals surface area contributed by atoms with E-state index in [1.807, 2.05) is 36.9 Å². The molecule has 0 saturated carbocycles. The zero-order chi connectivity index (χ0) is 13.4. The number of benzene rings is 1. The monoisotopic (exact) mass is 260 g/mol. The van der Waals surface area contributed by atoms with Crippen molar-refractivity contribution in [3.8, 4) is 11.1 Å². The average Bonchev–Trinajstić information content (AvgIpc) is 2.75. The number of halogens is 1. The van der Waals surface area contributed by atoms with Gasteiger partial charge in [-0.25, -0.2) is 4.39 Å². The third-order valence-electron chi connectivity index (χ3n) is 3.55. The zero-order valence-corrected chi connectivity index (χ0v) is 11.1. The molecule has 2 heterocycles. The molecule has 0 amide bonds. The van der Waals surface area contributed by atoms with Gasteiger partial charge in [0.05, 0.1) is 25.5 Å². The summed E-state index contributed by atoms with van der Waals surface area (Å²) in [6, 6.07) is 5.73. The van der Waals surface area contributed by atoms with Crippen LogP contribution in [0.2, 0.25) is 0 Å². The number of rotatable bonds is 3. The first-order valence-electron chi connectivity index (χ1n) is 6.57. The Bertz CT molecular complexity index is 588. The Morgan fingerprint density at radius 3 is 2.68 bits per heavy atom. The number of aromatic nitrogens is 2. The summed E-state index contributed by atoms with van der Waals surface area (Å²) in [5, 5.41) is 4.32. The van der Waals surface area contributed by atoms with Gasteiger partial charge in [0.2, 0.25) is 0 Å². The second kappa shape index (κ2) is 4.78. The molecule has 1 aliphatic heterocycles. The van der Waals surface area contributed by atoms with E-state index in [9.17, 15) is 4.39 Å². The largest absolute Gasteiger partial charge is 0.377 e.